The summed E-state index contributed by atoms with van der Waals surface area (Å²) < 4.78 is 1.64. The monoisotopic (exact) mass is 440 g/mol. The highest BCUT2D eigenvalue weighted by molar-refractivity contribution is 7.99. The van der Waals surface area contributed by atoms with Crippen LogP contribution in [0.5, 0.6) is 0 Å². The molecule has 0 atom stereocenters. The van der Waals surface area contributed by atoms with Gasteiger partial charge < -0.3 is 15.2 Å². The van der Waals surface area contributed by atoms with Crippen LogP contribution in [0.15, 0.2) is 52.8 Å². The lowest BCUT2D eigenvalue weighted by molar-refractivity contribution is -0.387. The molecular formula is C20H20N6O4S. The lowest BCUT2D eigenvalue weighted by Crippen LogP contribution is -2.23. The van der Waals surface area contributed by atoms with Crippen molar-refractivity contribution in [2.24, 2.45) is 7.05 Å². The van der Waals surface area contributed by atoms with E-state index < -0.39 is 10.8 Å². The van der Waals surface area contributed by atoms with Crippen LogP contribution < -0.4 is 10.6 Å². The molecule has 0 fully saturated rings. The second-order valence-corrected chi connectivity index (χ2v) is 7.62. The Kier molecular flexibility index (Phi) is 6.65. The Balaban J connectivity index is 1.86. The number of carbonyl (C=O) groups is 2. The number of amides is 2. The summed E-state index contributed by atoms with van der Waals surface area (Å²) in [5.74, 6) is -0.770. The molecule has 0 spiro atoms. The SMILES string of the molecule is CCNC(=O)c1ccc(C)c(NC(=O)c2ccc(Sc3nncn3C)c([N+](=O)[O-])c2)c1. The molecule has 2 amide bonds. The molecule has 0 saturated heterocycles. The van der Waals surface area contributed by atoms with Gasteiger partial charge >= 0.3 is 0 Å². The van der Waals surface area contributed by atoms with E-state index in [1.165, 1.54) is 24.5 Å². The summed E-state index contributed by atoms with van der Waals surface area (Å²) in [7, 11) is 1.73. The third-order valence-electron chi connectivity index (χ3n) is 4.37. The first kappa shape index (κ1) is 22.0. The number of hydrogen-bond acceptors (Lipinski definition) is 7. The molecule has 0 aliphatic heterocycles. The maximum atomic E-state index is 12.8. The maximum absolute atomic E-state index is 12.8. The Labute approximate surface area is 182 Å². The summed E-state index contributed by atoms with van der Waals surface area (Å²) in [4.78, 5) is 36.2. The van der Waals surface area contributed by atoms with Gasteiger partial charge in [-0.1, -0.05) is 6.07 Å². The first-order valence-electron chi connectivity index (χ1n) is 9.30. The Hall–Kier alpha value is -3.73. The molecule has 0 aliphatic rings. The summed E-state index contributed by atoms with van der Waals surface area (Å²) in [6.45, 7) is 4.09. The lowest BCUT2D eigenvalue weighted by Gasteiger charge is -2.11. The van der Waals surface area contributed by atoms with Crippen molar-refractivity contribution in [3.8, 4) is 0 Å². The van der Waals surface area contributed by atoms with E-state index in [1.54, 1.807) is 36.7 Å². The number of aryl methyl sites for hydroxylation is 2. The third-order valence-corrected chi connectivity index (χ3v) is 5.49. The molecule has 1 aromatic heterocycles. The van der Waals surface area contributed by atoms with Gasteiger partial charge in [-0.25, -0.2) is 0 Å². The van der Waals surface area contributed by atoms with Crippen molar-refractivity contribution in [3.63, 3.8) is 0 Å². The quantitative estimate of drug-likeness (QED) is 0.426. The lowest BCUT2D eigenvalue weighted by atomic mass is 10.1. The summed E-state index contributed by atoms with van der Waals surface area (Å²) in [6, 6.07) is 9.19. The van der Waals surface area contributed by atoms with E-state index in [4.69, 9.17) is 0 Å². The zero-order valence-electron chi connectivity index (χ0n) is 17.1. The van der Waals surface area contributed by atoms with E-state index in [1.807, 2.05) is 6.92 Å². The van der Waals surface area contributed by atoms with E-state index in [0.717, 1.165) is 17.3 Å². The average Bonchev–Trinajstić information content (AvgIpc) is 3.14. The number of aromatic nitrogens is 3. The van der Waals surface area contributed by atoms with Crippen LogP contribution in [0.25, 0.3) is 0 Å². The van der Waals surface area contributed by atoms with Crippen LogP contribution in [-0.4, -0.2) is 38.0 Å². The van der Waals surface area contributed by atoms with Gasteiger partial charge in [0.1, 0.15) is 6.33 Å². The van der Waals surface area contributed by atoms with E-state index in [2.05, 4.69) is 20.8 Å². The molecule has 0 radical (unpaired) electrons. The highest BCUT2D eigenvalue weighted by Gasteiger charge is 2.20. The zero-order chi connectivity index (χ0) is 22.5. The highest BCUT2D eigenvalue weighted by Crippen LogP contribution is 2.34. The van der Waals surface area contributed by atoms with Crippen molar-refractivity contribution < 1.29 is 14.5 Å². The van der Waals surface area contributed by atoms with Gasteiger partial charge in [0.15, 0.2) is 5.16 Å². The predicted molar refractivity (Wildman–Crippen MR) is 115 cm³/mol. The zero-order valence-corrected chi connectivity index (χ0v) is 17.9. The molecule has 1 heterocycles. The Morgan fingerprint density at radius 1 is 1.16 bits per heavy atom. The van der Waals surface area contributed by atoms with Gasteiger partial charge in [-0.15, -0.1) is 10.2 Å². The Morgan fingerprint density at radius 2 is 1.87 bits per heavy atom. The molecular weight excluding hydrogens is 420 g/mol. The van der Waals surface area contributed by atoms with Crippen LogP contribution in [-0.2, 0) is 7.05 Å². The molecule has 0 unspecified atom stereocenters. The number of rotatable bonds is 7. The smallest absolute Gasteiger partial charge is 0.284 e. The van der Waals surface area contributed by atoms with Crippen molar-refractivity contribution in [3.05, 3.63) is 69.5 Å². The minimum Gasteiger partial charge on any atom is -0.352 e. The van der Waals surface area contributed by atoms with Gasteiger partial charge in [0.25, 0.3) is 17.5 Å². The summed E-state index contributed by atoms with van der Waals surface area (Å²) in [5, 5.41) is 25.2. The molecule has 0 saturated carbocycles. The first-order valence-corrected chi connectivity index (χ1v) is 10.1. The van der Waals surface area contributed by atoms with E-state index in [9.17, 15) is 19.7 Å². The van der Waals surface area contributed by atoms with Crippen LogP contribution in [0, 0.1) is 17.0 Å². The maximum Gasteiger partial charge on any atom is 0.284 e. The van der Waals surface area contributed by atoms with Crippen LogP contribution in [0.4, 0.5) is 11.4 Å². The minimum atomic E-state index is -0.545. The van der Waals surface area contributed by atoms with Crippen molar-refractivity contribution in [1.82, 2.24) is 20.1 Å². The Morgan fingerprint density at radius 3 is 2.52 bits per heavy atom. The van der Waals surface area contributed by atoms with E-state index in [0.29, 0.717) is 27.8 Å². The fourth-order valence-corrected chi connectivity index (χ4v) is 3.56. The van der Waals surface area contributed by atoms with Crippen molar-refractivity contribution in [2.75, 3.05) is 11.9 Å². The highest BCUT2D eigenvalue weighted by atomic mass is 32.2. The molecule has 0 bridgehead atoms. The Bertz CT molecular complexity index is 1160. The third kappa shape index (κ3) is 5.07. The minimum absolute atomic E-state index is 0.122. The normalized spacial score (nSPS) is 10.5. The molecule has 3 aromatic rings. The van der Waals surface area contributed by atoms with Gasteiger partial charge in [0, 0.05) is 36.5 Å². The molecule has 3 rings (SSSR count). The van der Waals surface area contributed by atoms with Gasteiger partial charge in [-0.2, -0.15) is 0 Å². The summed E-state index contributed by atoms with van der Waals surface area (Å²) >= 11 is 1.08. The van der Waals surface area contributed by atoms with Crippen LogP contribution in [0.2, 0.25) is 0 Å². The molecule has 160 valence electrons. The molecule has 31 heavy (non-hydrogen) atoms. The molecule has 11 heteroatoms. The number of nitrogens with zero attached hydrogens (tertiary/aromatic N) is 4. The van der Waals surface area contributed by atoms with Crippen molar-refractivity contribution >= 4 is 35.0 Å². The summed E-state index contributed by atoms with van der Waals surface area (Å²) in [6.07, 6.45) is 1.49. The topological polar surface area (TPSA) is 132 Å². The fourth-order valence-electron chi connectivity index (χ4n) is 2.71. The number of nitro groups is 1. The number of carbonyl (C=O) groups excluding carboxylic acids is 2. The molecule has 2 N–H and O–H groups in total. The number of anilines is 1. The van der Waals surface area contributed by atoms with Gasteiger partial charge in [0.05, 0.1) is 9.82 Å². The number of benzene rings is 2. The fraction of sp³-hybridized carbons (Fsp3) is 0.200. The van der Waals surface area contributed by atoms with Crippen molar-refractivity contribution in [1.29, 1.82) is 0 Å². The van der Waals surface area contributed by atoms with Crippen LogP contribution >= 0.6 is 11.8 Å². The average molecular weight is 440 g/mol. The number of nitro benzene ring substituents is 1. The van der Waals surface area contributed by atoms with Gasteiger partial charge in [-0.05, 0) is 55.4 Å². The van der Waals surface area contributed by atoms with Crippen LogP contribution in [0.3, 0.4) is 0 Å². The molecule has 10 nitrogen and oxygen atoms in total. The standard InChI is InChI=1S/C20H20N6O4S/c1-4-21-18(27)13-6-5-12(2)15(9-13)23-19(28)14-7-8-17(16(10-14)26(29)30)31-20-24-22-11-25(20)3/h5-11H,4H2,1-3H3,(H,21,27)(H,23,28). The first-order chi connectivity index (χ1) is 14.8. The molecule has 2 aromatic carbocycles. The number of hydrogen-bond donors (Lipinski definition) is 2. The second kappa shape index (κ2) is 9.39. The van der Waals surface area contributed by atoms with E-state index in [-0.39, 0.29) is 17.2 Å². The number of nitrogens with one attached hydrogen (secondary N) is 2. The van der Waals surface area contributed by atoms with Gasteiger partial charge in [-0.3, -0.25) is 19.7 Å². The van der Waals surface area contributed by atoms with Gasteiger partial charge in [0.2, 0.25) is 0 Å². The predicted octanol–water partition coefficient (Wildman–Crippen LogP) is 3.18. The van der Waals surface area contributed by atoms with Crippen LogP contribution in [0.1, 0.15) is 33.2 Å². The largest absolute Gasteiger partial charge is 0.352 e. The summed E-state index contributed by atoms with van der Waals surface area (Å²) in [5.41, 5.74) is 1.52. The van der Waals surface area contributed by atoms with Crippen molar-refractivity contribution in [2.45, 2.75) is 23.9 Å². The second-order valence-electron chi connectivity index (χ2n) is 6.61. The molecule has 0 aliphatic carbocycles. The van der Waals surface area contributed by atoms with E-state index >= 15 is 0 Å².